The fraction of sp³-hybridized carbons (Fsp3) is 0.333. The number of carbonyl (C=O) groups is 1. The maximum atomic E-state index is 10.8. The average molecular weight is 436 g/mol. The van der Waals surface area contributed by atoms with Crippen molar-refractivity contribution in [2.75, 3.05) is 19.7 Å². The largest absolute Gasteiger partial charge is 0.492 e. The highest BCUT2D eigenvalue weighted by molar-refractivity contribution is 6.34. The van der Waals surface area contributed by atoms with Crippen LogP contribution in [0.25, 0.3) is 16.6 Å². The van der Waals surface area contributed by atoms with E-state index in [0.717, 1.165) is 41.7 Å². The minimum Gasteiger partial charge on any atom is -0.492 e. The van der Waals surface area contributed by atoms with Gasteiger partial charge in [0.25, 0.3) is 0 Å². The molecule has 8 heteroatoms. The number of ether oxygens (including phenoxy) is 1. The lowest BCUT2D eigenvalue weighted by Gasteiger charge is -2.23. The van der Waals surface area contributed by atoms with Crippen LogP contribution in [0.4, 0.5) is 0 Å². The monoisotopic (exact) mass is 435 g/mol. The molecule has 0 radical (unpaired) electrons. The molecule has 1 atom stereocenters. The Hall–Kier alpha value is -2.28. The van der Waals surface area contributed by atoms with Gasteiger partial charge < -0.3 is 9.84 Å². The van der Waals surface area contributed by atoms with Gasteiger partial charge in [-0.05, 0) is 55.8 Å². The summed E-state index contributed by atoms with van der Waals surface area (Å²) in [5.74, 6) is 0.0220. The number of nitrogens with zero attached hydrogens (tertiary/aromatic N) is 3. The van der Waals surface area contributed by atoms with Crippen LogP contribution in [0, 0.1) is 0 Å². The summed E-state index contributed by atoms with van der Waals surface area (Å²) in [4.78, 5) is 13.0. The SMILES string of the molecule is Cl.O=C(O)CCN1CCCC1COc1ccc(-n2nc3ccccc3c2Cl)cc1. The third-order valence-corrected chi connectivity index (χ3v) is 5.52. The van der Waals surface area contributed by atoms with Crippen LogP contribution >= 0.6 is 24.0 Å². The summed E-state index contributed by atoms with van der Waals surface area (Å²) in [6.45, 7) is 2.07. The van der Waals surface area contributed by atoms with Crippen LogP contribution in [-0.4, -0.2) is 51.5 Å². The highest BCUT2D eigenvalue weighted by atomic mass is 35.5. The molecular weight excluding hydrogens is 413 g/mol. The first-order chi connectivity index (χ1) is 13.6. The topological polar surface area (TPSA) is 67.6 Å². The maximum absolute atomic E-state index is 10.8. The zero-order valence-electron chi connectivity index (χ0n) is 15.8. The summed E-state index contributed by atoms with van der Waals surface area (Å²) in [5, 5.41) is 14.9. The van der Waals surface area contributed by atoms with Gasteiger partial charge in [0.15, 0.2) is 0 Å². The molecular formula is C21H23Cl2N3O3. The van der Waals surface area contributed by atoms with Crippen LogP contribution in [0.5, 0.6) is 5.75 Å². The number of hydrogen-bond donors (Lipinski definition) is 1. The van der Waals surface area contributed by atoms with Gasteiger partial charge in [-0.3, -0.25) is 9.69 Å². The highest BCUT2D eigenvalue weighted by Gasteiger charge is 2.25. The number of carboxylic acid groups (broad SMARTS) is 1. The molecule has 4 rings (SSSR count). The van der Waals surface area contributed by atoms with Gasteiger partial charge in [0.2, 0.25) is 0 Å². The number of aromatic nitrogens is 2. The fourth-order valence-electron chi connectivity index (χ4n) is 3.67. The van der Waals surface area contributed by atoms with Crippen LogP contribution in [0.15, 0.2) is 48.5 Å². The van der Waals surface area contributed by atoms with Crippen molar-refractivity contribution in [2.24, 2.45) is 0 Å². The van der Waals surface area contributed by atoms with Gasteiger partial charge in [0.1, 0.15) is 17.5 Å². The molecule has 1 aliphatic rings. The Bertz CT molecular complexity index is 975. The lowest BCUT2D eigenvalue weighted by molar-refractivity contribution is -0.137. The van der Waals surface area contributed by atoms with Gasteiger partial charge in [0.05, 0.1) is 17.6 Å². The van der Waals surface area contributed by atoms with Gasteiger partial charge in [-0.15, -0.1) is 12.4 Å². The molecule has 2 heterocycles. The number of hydrogen-bond acceptors (Lipinski definition) is 4. The molecule has 1 aromatic heterocycles. The number of aliphatic carboxylic acids is 1. The molecule has 6 nitrogen and oxygen atoms in total. The standard InChI is InChI=1S/C21H22ClN3O3.ClH/c22-21-18-5-1-2-6-19(18)23-25(21)15-7-9-17(10-8-15)28-14-16-4-3-12-24(16)13-11-20(26)27;/h1-2,5-10,16H,3-4,11-14H2,(H,26,27);1H. The summed E-state index contributed by atoms with van der Waals surface area (Å²) in [6.07, 6.45) is 2.29. The van der Waals surface area contributed by atoms with Crippen molar-refractivity contribution in [3.63, 3.8) is 0 Å². The minimum absolute atomic E-state index is 0. The molecule has 29 heavy (non-hydrogen) atoms. The van der Waals surface area contributed by atoms with Gasteiger partial charge in [-0.1, -0.05) is 23.7 Å². The van der Waals surface area contributed by atoms with Crippen molar-refractivity contribution >= 4 is 40.9 Å². The molecule has 1 fully saturated rings. The first kappa shape index (κ1) is 21.4. The van der Waals surface area contributed by atoms with E-state index in [-0.39, 0.29) is 24.9 Å². The van der Waals surface area contributed by atoms with E-state index in [1.54, 1.807) is 4.68 Å². The van der Waals surface area contributed by atoms with Crippen LogP contribution in [0.1, 0.15) is 19.3 Å². The lowest BCUT2D eigenvalue weighted by Crippen LogP contribution is -2.35. The fourth-order valence-corrected chi connectivity index (χ4v) is 3.96. The van der Waals surface area contributed by atoms with Crippen molar-refractivity contribution in [3.8, 4) is 11.4 Å². The van der Waals surface area contributed by atoms with Crippen molar-refractivity contribution in [2.45, 2.75) is 25.3 Å². The zero-order valence-corrected chi connectivity index (χ0v) is 17.4. The predicted octanol–water partition coefficient (Wildman–Crippen LogP) is 4.42. The summed E-state index contributed by atoms with van der Waals surface area (Å²) < 4.78 is 7.68. The Morgan fingerprint density at radius 2 is 1.97 bits per heavy atom. The van der Waals surface area contributed by atoms with Gasteiger partial charge in [-0.25, -0.2) is 4.68 Å². The van der Waals surface area contributed by atoms with E-state index in [0.29, 0.717) is 18.3 Å². The second-order valence-corrected chi connectivity index (χ2v) is 7.36. The first-order valence-corrected chi connectivity index (χ1v) is 9.82. The molecule has 2 aromatic carbocycles. The molecule has 0 aliphatic carbocycles. The van der Waals surface area contributed by atoms with E-state index < -0.39 is 5.97 Å². The normalized spacial score (nSPS) is 16.7. The Balaban J connectivity index is 0.00000240. The van der Waals surface area contributed by atoms with Crippen LogP contribution < -0.4 is 4.74 Å². The lowest BCUT2D eigenvalue weighted by atomic mass is 10.2. The van der Waals surface area contributed by atoms with E-state index in [2.05, 4.69) is 10.00 Å². The van der Waals surface area contributed by atoms with Crippen LogP contribution in [0.2, 0.25) is 5.15 Å². The predicted molar refractivity (Wildman–Crippen MR) is 116 cm³/mol. The third kappa shape index (κ3) is 4.83. The Labute approximate surface area is 180 Å². The molecule has 1 saturated heterocycles. The number of carboxylic acids is 1. The Kier molecular flexibility index (Phi) is 7.00. The summed E-state index contributed by atoms with van der Waals surface area (Å²) in [6, 6.07) is 15.7. The first-order valence-electron chi connectivity index (χ1n) is 9.44. The Morgan fingerprint density at radius 1 is 1.21 bits per heavy atom. The van der Waals surface area contributed by atoms with E-state index in [4.69, 9.17) is 21.4 Å². The number of likely N-dealkylation sites (tertiary alicyclic amines) is 1. The second-order valence-electron chi connectivity index (χ2n) is 7.00. The maximum Gasteiger partial charge on any atom is 0.304 e. The van der Waals surface area contributed by atoms with E-state index in [1.807, 2.05) is 48.5 Å². The van der Waals surface area contributed by atoms with Crippen molar-refractivity contribution in [1.29, 1.82) is 0 Å². The number of halogens is 2. The van der Waals surface area contributed by atoms with Crippen LogP contribution in [-0.2, 0) is 4.79 Å². The second kappa shape index (κ2) is 9.48. The number of rotatable bonds is 7. The van der Waals surface area contributed by atoms with Gasteiger partial charge in [0, 0.05) is 18.0 Å². The van der Waals surface area contributed by atoms with E-state index in [9.17, 15) is 4.79 Å². The molecule has 1 aliphatic heterocycles. The quantitative estimate of drug-likeness (QED) is 0.594. The van der Waals surface area contributed by atoms with Crippen molar-refractivity contribution < 1.29 is 14.6 Å². The summed E-state index contributed by atoms with van der Waals surface area (Å²) in [7, 11) is 0. The molecule has 0 amide bonds. The third-order valence-electron chi connectivity index (χ3n) is 5.16. The molecule has 154 valence electrons. The number of fused-ring (bicyclic) bond motifs is 1. The van der Waals surface area contributed by atoms with E-state index in [1.165, 1.54) is 0 Å². The van der Waals surface area contributed by atoms with Crippen LogP contribution in [0.3, 0.4) is 0 Å². The molecule has 1 unspecified atom stereocenters. The number of benzene rings is 2. The minimum atomic E-state index is -0.757. The molecule has 0 saturated carbocycles. The molecule has 1 N–H and O–H groups in total. The van der Waals surface area contributed by atoms with E-state index >= 15 is 0 Å². The summed E-state index contributed by atoms with van der Waals surface area (Å²) in [5.41, 5.74) is 1.73. The van der Waals surface area contributed by atoms with Crippen molar-refractivity contribution in [1.82, 2.24) is 14.7 Å². The highest BCUT2D eigenvalue weighted by Crippen LogP contribution is 2.27. The van der Waals surface area contributed by atoms with Gasteiger partial charge in [-0.2, -0.15) is 5.10 Å². The van der Waals surface area contributed by atoms with Crippen molar-refractivity contribution in [3.05, 3.63) is 53.7 Å². The smallest absolute Gasteiger partial charge is 0.304 e. The van der Waals surface area contributed by atoms with Gasteiger partial charge >= 0.3 is 5.97 Å². The summed E-state index contributed by atoms with van der Waals surface area (Å²) >= 11 is 6.47. The molecule has 3 aromatic rings. The zero-order chi connectivity index (χ0) is 19.5. The Morgan fingerprint density at radius 3 is 2.69 bits per heavy atom. The molecule has 0 bridgehead atoms. The average Bonchev–Trinajstić information content (AvgIpc) is 3.29. The molecule has 0 spiro atoms.